The average molecular weight is 525 g/mol. The van der Waals surface area contributed by atoms with Gasteiger partial charge in [0.2, 0.25) is 5.89 Å². The zero-order valence-corrected chi connectivity index (χ0v) is 21.9. The Bertz CT molecular complexity index is 1540. The Morgan fingerprint density at radius 1 is 1.16 bits per heavy atom. The molecule has 5 aromatic rings. The van der Waals surface area contributed by atoms with Crippen LogP contribution in [0.3, 0.4) is 0 Å². The van der Waals surface area contributed by atoms with Gasteiger partial charge in [-0.1, -0.05) is 30.3 Å². The summed E-state index contributed by atoms with van der Waals surface area (Å²) in [5, 5.41) is 3.02. The molecule has 2 unspecified atom stereocenters. The highest BCUT2D eigenvalue weighted by Gasteiger charge is 2.33. The number of thiazole rings is 1. The van der Waals surface area contributed by atoms with Crippen LogP contribution < -0.4 is 5.73 Å². The van der Waals surface area contributed by atoms with E-state index >= 15 is 0 Å². The summed E-state index contributed by atoms with van der Waals surface area (Å²) >= 11 is 1.61. The van der Waals surface area contributed by atoms with E-state index in [9.17, 15) is 4.79 Å². The molecular weight excluding hydrogens is 496 g/mol. The van der Waals surface area contributed by atoms with Crippen LogP contribution in [0.4, 0.5) is 0 Å². The van der Waals surface area contributed by atoms with Gasteiger partial charge in [0.05, 0.1) is 18.3 Å². The van der Waals surface area contributed by atoms with Crippen molar-refractivity contribution in [2.24, 2.45) is 5.73 Å². The quantitative estimate of drug-likeness (QED) is 0.258. The normalized spacial score (nSPS) is 16.2. The van der Waals surface area contributed by atoms with Crippen LogP contribution in [0.1, 0.15) is 57.3 Å². The molecule has 1 saturated heterocycles. The molecule has 2 N–H and O–H groups in total. The second kappa shape index (κ2) is 10.4. The van der Waals surface area contributed by atoms with Crippen LogP contribution in [0.5, 0.6) is 0 Å². The molecule has 2 atom stereocenters. The molecule has 1 aliphatic rings. The molecule has 1 fully saturated rings. The van der Waals surface area contributed by atoms with Gasteiger partial charge in [-0.05, 0) is 62.1 Å². The van der Waals surface area contributed by atoms with Crippen LogP contribution >= 0.6 is 11.3 Å². The summed E-state index contributed by atoms with van der Waals surface area (Å²) in [5.41, 5.74) is 10.6. The van der Waals surface area contributed by atoms with Gasteiger partial charge in [-0.2, -0.15) is 0 Å². The third-order valence-corrected chi connectivity index (χ3v) is 7.93. The second-order valence-corrected chi connectivity index (χ2v) is 10.5. The Hall–Kier alpha value is -4.01. The van der Waals surface area contributed by atoms with Crippen molar-refractivity contribution >= 4 is 17.2 Å². The molecule has 1 amide bonds. The number of hydrogen-bond donors (Lipinski definition) is 1. The minimum Gasteiger partial charge on any atom is -0.459 e. The Kier molecular flexibility index (Phi) is 6.66. The van der Waals surface area contributed by atoms with Gasteiger partial charge in [0.1, 0.15) is 22.8 Å². The minimum atomic E-state index is -0.283. The van der Waals surface area contributed by atoms with Crippen LogP contribution in [0.2, 0.25) is 0 Å². The minimum absolute atomic E-state index is 0.0127. The number of oxazole rings is 1. The highest BCUT2D eigenvalue weighted by molar-refractivity contribution is 7.09. The topological polar surface area (TPSA) is 98.4 Å². The number of carbonyl (C=O) groups is 1. The third-order valence-electron chi connectivity index (χ3n) is 6.87. The molecule has 192 valence electrons. The number of likely N-dealkylation sites (tertiary alicyclic amines) is 1. The van der Waals surface area contributed by atoms with Crippen LogP contribution in [0, 0.1) is 6.92 Å². The van der Waals surface area contributed by atoms with Gasteiger partial charge < -0.3 is 19.5 Å². The Morgan fingerprint density at radius 2 is 2.00 bits per heavy atom. The first-order valence-corrected chi connectivity index (χ1v) is 13.6. The molecule has 0 aliphatic carbocycles. The number of benzene rings is 2. The van der Waals surface area contributed by atoms with Gasteiger partial charge in [-0.3, -0.25) is 4.79 Å². The van der Waals surface area contributed by atoms with Crippen LogP contribution in [-0.2, 0) is 6.42 Å². The molecule has 8 heteroatoms. The van der Waals surface area contributed by atoms with E-state index in [1.54, 1.807) is 17.5 Å². The smallest absolute Gasteiger partial charge is 0.254 e. The van der Waals surface area contributed by atoms with Gasteiger partial charge in [-0.25, -0.2) is 9.97 Å². The Labute approximate surface area is 225 Å². The van der Waals surface area contributed by atoms with Gasteiger partial charge in [-0.15, -0.1) is 11.3 Å². The number of amides is 1. The SMILES string of the molecule is Cc1csc(C2CCCN2C(=O)c2cc(-c3ccc(C(N)Cc4ccccc4)o3)cc(-c3ncco3)c2)n1. The third kappa shape index (κ3) is 4.92. The van der Waals surface area contributed by atoms with Gasteiger partial charge in [0, 0.05) is 34.3 Å². The predicted octanol–water partition coefficient (Wildman–Crippen LogP) is 6.59. The van der Waals surface area contributed by atoms with Crippen LogP contribution in [-0.4, -0.2) is 27.3 Å². The van der Waals surface area contributed by atoms with E-state index in [-0.39, 0.29) is 18.0 Å². The van der Waals surface area contributed by atoms with E-state index in [2.05, 4.69) is 22.1 Å². The molecule has 0 bridgehead atoms. The summed E-state index contributed by atoms with van der Waals surface area (Å²) in [6.45, 7) is 2.68. The first kappa shape index (κ1) is 24.3. The van der Waals surface area contributed by atoms with Crippen molar-refractivity contribution in [1.82, 2.24) is 14.9 Å². The van der Waals surface area contributed by atoms with Crippen LogP contribution in [0.25, 0.3) is 22.8 Å². The highest BCUT2D eigenvalue weighted by atomic mass is 32.1. The fourth-order valence-electron chi connectivity index (χ4n) is 5.02. The molecule has 6 rings (SSSR count). The van der Waals surface area contributed by atoms with Gasteiger partial charge in [0.25, 0.3) is 5.91 Å². The monoisotopic (exact) mass is 524 g/mol. The molecule has 38 heavy (non-hydrogen) atoms. The van der Waals surface area contributed by atoms with E-state index < -0.39 is 0 Å². The number of carbonyl (C=O) groups excluding carboxylic acids is 1. The van der Waals surface area contributed by atoms with Crippen molar-refractivity contribution < 1.29 is 13.6 Å². The molecular formula is C30H28N4O3S. The van der Waals surface area contributed by atoms with Gasteiger partial charge >= 0.3 is 0 Å². The molecule has 4 heterocycles. The predicted molar refractivity (Wildman–Crippen MR) is 147 cm³/mol. The van der Waals surface area contributed by atoms with Crippen molar-refractivity contribution in [2.45, 2.75) is 38.3 Å². The zero-order valence-electron chi connectivity index (χ0n) is 21.0. The lowest BCUT2D eigenvalue weighted by atomic mass is 10.0. The second-order valence-electron chi connectivity index (χ2n) is 9.62. The summed E-state index contributed by atoms with van der Waals surface area (Å²) in [5.74, 6) is 1.74. The van der Waals surface area contributed by atoms with Crippen molar-refractivity contribution in [3.63, 3.8) is 0 Å². The lowest BCUT2D eigenvalue weighted by Gasteiger charge is -2.23. The van der Waals surface area contributed by atoms with Gasteiger partial charge in [0.15, 0.2) is 0 Å². The Morgan fingerprint density at radius 3 is 2.76 bits per heavy atom. The van der Waals surface area contributed by atoms with E-state index in [0.717, 1.165) is 34.7 Å². The van der Waals surface area contributed by atoms with Crippen molar-refractivity contribution in [3.05, 3.63) is 106 Å². The maximum Gasteiger partial charge on any atom is 0.254 e. The number of hydrogen-bond acceptors (Lipinski definition) is 7. The number of nitrogens with two attached hydrogens (primary N) is 1. The lowest BCUT2D eigenvalue weighted by Crippen LogP contribution is -2.30. The summed E-state index contributed by atoms with van der Waals surface area (Å²) in [6.07, 6.45) is 5.64. The first-order chi connectivity index (χ1) is 18.5. The van der Waals surface area contributed by atoms with Crippen molar-refractivity contribution in [2.75, 3.05) is 6.54 Å². The van der Waals surface area contributed by atoms with Crippen molar-refractivity contribution in [1.29, 1.82) is 0 Å². The summed E-state index contributed by atoms with van der Waals surface area (Å²) in [4.78, 5) is 24.8. The average Bonchev–Trinajstić information content (AvgIpc) is 3.75. The van der Waals surface area contributed by atoms with E-state index in [1.807, 2.05) is 65.7 Å². The number of nitrogens with zero attached hydrogens (tertiary/aromatic N) is 3. The fourth-order valence-corrected chi connectivity index (χ4v) is 5.96. The van der Waals surface area contributed by atoms with E-state index in [1.165, 1.54) is 6.26 Å². The van der Waals surface area contributed by atoms with Crippen LogP contribution in [0.15, 0.2) is 87.3 Å². The highest BCUT2D eigenvalue weighted by Crippen LogP contribution is 2.36. The van der Waals surface area contributed by atoms with E-state index in [0.29, 0.717) is 41.5 Å². The molecule has 2 aromatic carbocycles. The van der Waals surface area contributed by atoms with E-state index in [4.69, 9.17) is 14.6 Å². The standard InChI is InChI=1S/C30H28N4O3S/c1-19-18-38-29(33-19)25-8-5-12-34(25)30(35)23-16-21(15-22(17-23)28-32-11-13-36-28)26-9-10-27(37-26)24(31)14-20-6-3-2-4-7-20/h2-4,6-7,9-11,13,15-18,24-25H,5,8,12,14,31H2,1H3. The molecule has 0 radical (unpaired) electrons. The fraction of sp³-hybridized carbons (Fsp3) is 0.233. The number of rotatable bonds is 7. The number of furan rings is 1. The summed E-state index contributed by atoms with van der Waals surface area (Å²) in [6, 6.07) is 19.3. The molecule has 0 spiro atoms. The summed E-state index contributed by atoms with van der Waals surface area (Å²) < 4.78 is 11.8. The zero-order chi connectivity index (χ0) is 26.1. The number of aryl methyl sites for hydroxylation is 1. The maximum atomic E-state index is 13.9. The Balaban J connectivity index is 1.33. The summed E-state index contributed by atoms with van der Waals surface area (Å²) in [7, 11) is 0. The maximum absolute atomic E-state index is 13.9. The lowest BCUT2D eigenvalue weighted by molar-refractivity contribution is 0.0735. The largest absolute Gasteiger partial charge is 0.459 e. The molecule has 7 nitrogen and oxygen atoms in total. The van der Waals surface area contributed by atoms with Crippen molar-refractivity contribution in [3.8, 4) is 22.8 Å². The number of aromatic nitrogens is 2. The molecule has 1 aliphatic heterocycles. The first-order valence-electron chi connectivity index (χ1n) is 12.7. The molecule has 3 aromatic heterocycles. The molecule has 0 saturated carbocycles.